The number of guanidine groups is 1. The summed E-state index contributed by atoms with van der Waals surface area (Å²) in [5.74, 6) is 1.97. The average molecular weight is 497 g/mol. The van der Waals surface area contributed by atoms with E-state index in [-0.39, 0.29) is 24.0 Å². The molecule has 0 saturated carbocycles. The van der Waals surface area contributed by atoms with Crippen LogP contribution in [-0.4, -0.2) is 48.4 Å². The maximum atomic E-state index is 5.36. The number of hydrogen-bond acceptors (Lipinski definition) is 3. The van der Waals surface area contributed by atoms with Gasteiger partial charge in [0.1, 0.15) is 5.82 Å². The molecule has 0 aliphatic carbocycles. The second-order valence-electron chi connectivity index (χ2n) is 6.78. The highest BCUT2D eigenvalue weighted by molar-refractivity contribution is 14.0. The number of para-hydroxylation sites is 2. The Kier molecular flexibility index (Phi) is 9.77. The van der Waals surface area contributed by atoms with E-state index in [1.54, 1.807) is 0 Å². The summed E-state index contributed by atoms with van der Waals surface area (Å²) in [6, 6.07) is 8.31. The second kappa shape index (κ2) is 12.1. The van der Waals surface area contributed by atoms with Crippen molar-refractivity contribution >= 4 is 41.0 Å². The van der Waals surface area contributed by atoms with E-state index in [0.717, 1.165) is 76.0 Å². The highest BCUT2D eigenvalue weighted by Gasteiger charge is 2.06. The third-order valence-corrected chi connectivity index (χ3v) is 4.80. The number of rotatable bonds is 8. The van der Waals surface area contributed by atoms with Crippen LogP contribution in [-0.2, 0) is 11.3 Å². The molecule has 1 aromatic heterocycles. The smallest absolute Gasteiger partial charge is 0.191 e. The van der Waals surface area contributed by atoms with Gasteiger partial charge >= 0.3 is 0 Å². The van der Waals surface area contributed by atoms with Gasteiger partial charge < -0.3 is 19.9 Å². The van der Waals surface area contributed by atoms with Crippen LogP contribution in [0.2, 0.25) is 0 Å². The lowest BCUT2D eigenvalue weighted by atomic mass is 10.1. The van der Waals surface area contributed by atoms with Crippen molar-refractivity contribution in [3.05, 3.63) is 41.7 Å². The summed E-state index contributed by atoms with van der Waals surface area (Å²) in [5.41, 5.74) is 3.75. The molecule has 2 N–H and O–H groups in total. The molecule has 1 aliphatic heterocycles. The molecule has 6 nitrogen and oxygen atoms in total. The molecule has 154 valence electrons. The third kappa shape index (κ3) is 6.48. The molecule has 0 fully saturated rings. The number of halogens is 1. The van der Waals surface area contributed by atoms with Crippen molar-refractivity contribution in [2.24, 2.45) is 4.99 Å². The van der Waals surface area contributed by atoms with Crippen LogP contribution in [0.5, 0.6) is 0 Å². The Morgan fingerprint density at radius 3 is 2.93 bits per heavy atom. The maximum absolute atomic E-state index is 5.36. The van der Waals surface area contributed by atoms with Crippen LogP contribution in [0.3, 0.4) is 0 Å². The summed E-state index contributed by atoms with van der Waals surface area (Å²) in [7, 11) is 0. The Labute approximate surface area is 184 Å². The first-order chi connectivity index (χ1) is 13.3. The summed E-state index contributed by atoms with van der Waals surface area (Å²) in [6.07, 6.45) is 5.29. The van der Waals surface area contributed by atoms with Gasteiger partial charge in [-0.25, -0.2) is 4.98 Å². The zero-order chi connectivity index (χ0) is 18.9. The number of hydrogen-bond donors (Lipinski definition) is 2. The van der Waals surface area contributed by atoms with Crippen molar-refractivity contribution in [1.82, 2.24) is 20.2 Å². The van der Waals surface area contributed by atoms with Crippen LogP contribution >= 0.6 is 24.0 Å². The summed E-state index contributed by atoms with van der Waals surface area (Å²) in [6.45, 7) is 9.27. The van der Waals surface area contributed by atoms with Crippen LogP contribution in [0, 0.1) is 6.92 Å². The molecule has 0 spiro atoms. The van der Waals surface area contributed by atoms with Crippen molar-refractivity contribution in [2.45, 2.75) is 39.7 Å². The Morgan fingerprint density at radius 1 is 1.29 bits per heavy atom. The lowest BCUT2D eigenvalue weighted by Crippen LogP contribution is -2.38. The van der Waals surface area contributed by atoms with Crippen LogP contribution < -0.4 is 10.6 Å². The number of benzene rings is 1. The third-order valence-electron chi connectivity index (χ3n) is 4.80. The number of nitrogens with one attached hydrogen (secondary N) is 2. The molecule has 7 heteroatoms. The number of ether oxygens (including phenoxy) is 1. The van der Waals surface area contributed by atoms with Gasteiger partial charge in [0.2, 0.25) is 0 Å². The summed E-state index contributed by atoms with van der Waals surface area (Å²) >= 11 is 0. The molecule has 0 amide bonds. The normalized spacial score (nSPS) is 14.5. The van der Waals surface area contributed by atoms with Crippen molar-refractivity contribution in [3.8, 4) is 0 Å². The van der Waals surface area contributed by atoms with Gasteiger partial charge in [0.15, 0.2) is 5.96 Å². The first-order valence-corrected chi connectivity index (χ1v) is 9.97. The first-order valence-electron chi connectivity index (χ1n) is 9.97. The first kappa shape index (κ1) is 22.7. The predicted octanol–water partition coefficient (Wildman–Crippen LogP) is 3.64. The molecule has 2 aromatic rings. The fraction of sp³-hybridized carbons (Fsp3) is 0.524. The van der Waals surface area contributed by atoms with E-state index < -0.39 is 0 Å². The van der Waals surface area contributed by atoms with Gasteiger partial charge in [-0.2, -0.15) is 0 Å². The molecule has 1 aromatic carbocycles. The summed E-state index contributed by atoms with van der Waals surface area (Å²) in [5, 5.41) is 6.77. The predicted molar refractivity (Wildman–Crippen MR) is 127 cm³/mol. The Hall–Kier alpha value is -1.61. The van der Waals surface area contributed by atoms with Gasteiger partial charge in [0, 0.05) is 26.2 Å². The molecule has 1 aliphatic rings. The number of nitrogens with zero attached hydrogens (tertiary/aromatic N) is 3. The van der Waals surface area contributed by atoms with E-state index in [2.05, 4.69) is 58.3 Å². The number of aliphatic imine (C=N–C) groups is 1. The monoisotopic (exact) mass is 497 g/mol. The highest BCUT2D eigenvalue weighted by atomic mass is 127. The minimum Gasteiger partial charge on any atom is -0.377 e. The topological polar surface area (TPSA) is 63.5 Å². The molecule has 3 rings (SSSR count). The molecule has 0 radical (unpaired) electrons. The highest BCUT2D eigenvalue weighted by Crippen LogP contribution is 2.15. The second-order valence-corrected chi connectivity index (χ2v) is 6.78. The van der Waals surface area contributed by atoms with Crippen molar-refractivity contribution in [1.29, 1.82) is 0 Å². The molecule has 28 heavy (non-hydrogen) atoms. The zero-order valence-electron chi connectivity index (χ0n) is 16.9. The van der Waals surface area contributed by atoms with Gasteiger partial charge in [-0.1, -0.05) is 23.8 Å². The number of aryl methyl sites for hydroxylation is 2. The van der Waals surface area contributed by atoms with E-state index in [1.807, 2.05) is 6.07 Å². The van der Waals surface area contributed by atoms with Crippen molar-refractivity contribution in [3.63, 3.8) is 0 Å². The van der Waals surface area contributed by atoms with E-state index in [0.29, 0.717) is 0 Å². The average Bonchev–Trinajstić information content (AvgIpc) is 3.01. The van der Waals surface area contributed by atoms with Crippen LogP contribution in [0.4, 0.5) is 0 Å². The molecule has 0 atom stereocenters. The van der Waals surface area contributed by atoms with Gasteiger partial charge in [-0.05, 0) is 45.2 Å². The largest absolute Gasteiger partial charge is 0.377 e. The minimum atomic E-state index is 0. The Morgan fingerprint density at radius 2 is 2.14 bits per heavy atom. The van der Waals surface area contributed by atoms with Crippen LogP contribution in [0.1, 0.15) is 32.0 Å². The summed E-state index contributed by atoms with van der Waals surface area (Å²) < 4.78 is 7.64. The Balaban J connectivity index is 0.00000280. The standard InChI is InChI=1S/C21H31N5O.HI/c1-3-22-21(24-13-9-18-10-15-27-16-11-18)23-12-6-14-26-17(2)25-19-7-4-5-8-20(19)26;/h4-5,7-8,10H,3,6,9,11-16H2,1-2H3,(H2,22,23,24);1H. The molecule has 0 saturated heterocycles. The lowest BCUT2D eigenvalue weighted by Gasteiger charge is -2.15. The molecular formula is C21H32IN5O. The van der Waals surface area contributed by atoms with Gasteiger partial charge in [-0.3, -0.25) is 4.99 Å². The minimum absolute atomic E-state index is 0. The molecule has 0 bridgehead atoms. The number of aromatic nitrogens is 2. The van der Waals surface area contributed by atoms with Gasteiger partial charge in [0.25, 0.3) is 0 Å². The van der Waals surface area contributed by atoms with Crippen LogP contribution in [0.25, 0.3) is 11.0 Å². The molecule has 0 unspecified atom stereocenters. The molecular weight excluding hydrogens is 465 g/mol. The maximum Gasteiger partial charge on any atom is 0.191 e. The van der Waals surface area contributed by atoms with Crippen molar-refractivity contribution in [2.75, 3.05) is 32.8 Å². The van der Waals surface area contributed by atoms with E-state index >= 15 is 0 Å². The van der Waals surface area contributed by atoms with Gasteiger partial charge in [0.05, 0.1) is 24.2 Å². The summed E-state index contributed by atoms with van der Waals surface area (Å²) in [4.78, 5) is 9.35. The fourth-order valence-corrected chi connectivity index (χ4v) is 3.37. The van der Waals surface area contributed by atoms with E-state index in [4.69, 9.17) is 9.73 Å². The van der Waals surface area contributed by atoms with Gasteiger partial charge in [-0.15, -0.1) is 24.0 Å². The zero-order valence-corrected chi connectivity index (χ0v) is 19.2. The van der Waals surface area contributed by atoms with Crippen LogP contribution in [0.15, 0.2) is 40.9 Å². The Bertz CT molecular complexity index is 799. The lowest BCUT2D eigenvalue weighted by molar-refractivity contribution is 0.153. The van der Waals surface area contributed by atoms with E-state index in [1.165, 1.54) is 11.1 Å². The van der Waals surface area contributed by atoms with Crippen molar-refractivity contribution < 1.29 is 4.74 Å². The molecule has 2 heterocycles. The number of imidazole rings is 1. The SMILES string of the molecule is CCNC(=NCCCn1c(C)nc2ccccc21)NCCC1=CCOCC1.I. The number of fused-ring (bicyclic) bond motifs is 1. The van der Waals surface area contributed by atoms with E-state index in [9.17, 15) is 0 Å². The quantitative estimate of drug-likeness (QED) is 0.192. The fourth-order valence-electron chi connectivity index (χ4n) is 3.37.